The molecule has 8 aromatic rings. The highest BCUT2D eigenvalue weighted by Crippen LogP contribution is 2.34. The van der Waals surface area contributed by atoms with Gasteiger partial charge in [-0.25, -0.2) is 15.0 Å². The van der Waals surface area contributed by atoms with Gasteiger partial charge in [-0.05, 0) is 55.6 Å². The van der Waals surface area contributed by atoms with Crippen molar-refractivity contribution in [2.24, 2.45) is 0 Å². The normalized spacial score (nSPS) is 11.3. The third-order valence-corrected chi connectivity index (χ3v) is 7.90. The van der Waals surface area contributed by atoms with Gasteiger partial charge < -0.3 is 0 Å². The summed E-state index contributed by atoms with van der Waals surface area (Å²) in [6.45, 7) is 0. The molecule has 3 heteroatoms. The van der Waals surface area contributed by atoms with E-state index in [0.29, 0.717) is 17.5 Å². The minimum absolute atomic E-state index is 0.660. The van der Waals surface area contributed by atoms with Gasteiger partial charge in [0.2, 0.25) is 0 Å². The largest absolute Gasteiger partial charge is 0.208 e. The minimum atomic E-state index is 0.660. The van der Waals surface area contributed by atoms with E-state index in [9.17, 15) is 0 Å². The van der Waals surface area contributed by atoms with Crippen molar-refractivity contribution in [3.8, 4) is 45.3 Å². The van der Waals surface area contributed by atoms with Crippen LogP contribution < -0.4 is 0 Å². The first kappa shape index (κ1) is 24.2. The van der Waals surface area contributed by atoms with Crippen LogP contribution >= 0.6 is 0 Å². The van der Waals surface area contributed by atoms with E-state index in [4.69, 9.17) is 15.0 Å². The Balaban J connectivity index is 1.31. The van der Waals surface area contributed by atoms with Gasteiger partial charge in [0.1, 0.15) is 0 Å². The molecule has 0 aliphatic carbocycles. The summed E-state index contributed by atoms with van der Waals surface area (Å²) in [5.41, 5.74) is 5.32. The van der Waals surface area contributed by atoms with Crippen LogP contribution in [0.2, 0.25) is 0 Å². The van der Waals surface area contributed by atoms with Gasteiger partial charge in [-0.2, -0.15) is 0 Å². The second kappa shape index (κ2) is 10.1. The zero-order valence-electron chi connectivity index (χ0n) is 22.8. The molecule has 0 N–H and O–H groups in total. The van der Waals surface area contributed by atoms with E-state index < -0.39 is 0 Å². The molecule has 1 heterocycles. The molecule has 42 heavy (non-hydrogen) atoms. The Morgan fingerprint density at radius 2 is 0.810 bits per heavy atom. The average Bonchev–Trinajstić information content (AvgIpc) is 3.07. The molecule has 7 aromatic carbocycles. The first-order chi connectivity index (χ1) is 20.8. The van der Waals surface area contributed by atoms with Crippen molar-refractivity contribution in [3.63, 3.8) is 0 Å². The fourth-order valence-electron chi connectivity index (χ4n) is 5.78. The van der Waals surface area contributed by atoms with Crippen molar-refractivity contribution < 1.29 is 0 Å². The van der Waals surface area contributed by atoms with Gasteiger partial charge >= 0.3 is 0 Å². The lowest BCUT2D eigenvalue weighted by Gasteiger charge is -2.12. The number of aromatic nitrogens is 3. The Morgan fingerprint density at radius 1 is 0.286 bits per heavy atom. The number of nitrogens with zero attached hydrogens (tertiary/aromatic N) is 3. The maximum Gasteiger partial charge on any atom is 0.164 e. The lowest BCUT2D eigenvalue weighted by molar-refractivity contribution is 1.08. The molecule has 0 saturated heterocycles. The van der Waals surface area contributed by atoms with Crippen LogP contribution in [0.15, 0.2) is 152 Å². The molecule has 0 atom stereocenters. The number of rotatable bonds is 4. The molecular weight excluding hydrogens is 510 g/mol. The maximum absolute atomic E-state index is 5.09. The molecule has 0 unspecified atom stereocenters. The molecule has 3 nitrogen and oxygen atoms in total. The summed E-state index contributed by atoms with van der Waals surface area (Å²) in [4.78, 5) is 15.1. The SMILES string of the molecule is c1ccc(-c2nc(-c3cccc4ccccc34)nc(-c3cccc4cc(-c5ccc6ccccc6c5)ccc34)n2)cc1. The summed E-state index contributed by atoms with van der Waals surface area (Å²) in [6.07, 6.45) is 0. The number of hydrogen-bond donors (Lipinski definition) is 0. The van der Waals surface area contributed by atoms with Gasteiger partial charge in [0.15, 0.2) is 17.5 Å². The third-order valence-electron chi connectivity index (χ3n) is 7.90. The molecule has 0 saturated carbocycles. The van der Waals surface area contributed by atoms with Gasteiger partial charge in [-0.1, -0.05) is 140 Å². The highest BCUT2D eigenvalue weighted by molar-refractivity contribution is 5.99. The van der Waals surface area contributed by atoms with E-state index in [1.54, 1.807) is 0 Å². The van der Waals surface area contributed by atoms with Gasteiger partial charge in [0, 0.05) is 16.7 Å². The van der Waals surface area contributed by atoms with Gasteiger partial charge in [-0.3, -0.25) is 0 Å². The molecule has 0 aliphatic rings. The first-order valence-corrected chi connectivity index (χ1v) is 14.1. The quantitative estimate of drug-likeness (QED) is 0.225. The zero-order chi connectivity index (χ0) is 27.9. The van der Waals surface area contributed by atoms with E-state index in [2.05, 4.69) is 121 Å². The second-order valence-corrected chi connectivity index (χ2v) is 10.5. The summed E-state index contributed by atoms with van der Waals surface area (Å²) < 4.78 is 0. The monoisotopic (exact) mass is 535 g/mol. The van der Waals surface area contributed by atoms with E-state index in [-0.39, 0.29) is 0 Å². The van der Waals surface area contributed by atoms with Crippen LogP contribution in [0.1, 0.15) is 0 Å². The fraction of sp³-hybridized carbons (Fsp3) is 0. The molecule has 0 aliphatic heterocycles. The number of hydrogen-bond acceptors (Lipinski definition) is 3. The van der Waals surface area contributed by atoms with Crippen molar-refractivity contribution in [1.82, 2.24) is 15.0 Å². The van der Waals surface area contributed by atoms with Gasteiger partial charge in [0.05, 0.1) is 0 Å². The Kier molecular flexibility index (Phi) is 5.79. The second-order valence-electron chi connectivity index (χ2n) is 10.5. The zero-order valence-corrected chi connectivity index (χ0v) is 22.8. The summed E-state index contributed by atoms with van der Waals surface area (Å²) in [5.74, 6) is 1.99. The van der Waals surface area contributed by atoms with E-state index in [1.807, 2.05) is 30.3 Å². The summed E-state index contributed by atoms with van der Waals surface area (Å²) in [5, 5.41) is 7.01. The number of benzene rings is 7. The van der Waals surface area contributed by atoms with Crippen molar-refractivity contribution in [2.45, 2.75) is 0 Å². The molecule has 0 fully saturated rings. The molecule has 0 bridgehead atoms. The lowest BCUT2D eigenvalue weighted by Crippen LogP contribution is -2.01. The van der Waals surface area contributed by atoms with Crippen LogP contribution in [-0.2, 0) is 0 Å². The molecular formula is C39H25N3. The lowest BCUT2D eigenvalue weighted by atomic mass is 9.96. The van der Waals surface area contributed by atoms with Crippen LogP contribution in [0, 0.1) is 0 Å². The van der Waals surface area contributed by atoms with E-state index in [0.717, 1.165) is 38.2 Å². The highest BCUT2D eigenvalue weighted by Gasteiger charge is 2.16. The maximum atomic E-state index is 5.09. The topological polar surface area (TPSA) is 38.7 Å². The van der Waals surface area contributed by atoms with Crippen LogP contribution in [0.3, 0.4) is 0 Å². The molecule has 1 aromatic heterocycles. The summed E-state index contributed by atoms with van der Waals surface area (Å²) in [7, 11) is 0. The van der Waals surface area contributed by atoms with E-state index >= 15 is 0 Å². The molecule has 8 rings (SSSR count). The van der Waals surface area contributed by atoms with Crippen LogP contribution in [0.4, 0.5) is 0 Å². The Labute approximate surface area is 243 Å². The molecule has 0 spiro atoms. The third kappa shape index (κ3) is 4.29. The predicted molar refractivity (Wildman–Crippen MR) is 174 cm³/mol. The Bertz CT molecular complexity index is 2250. The van der Waals surface area contributed by atoms with Gasteiger partial charge in [0.25, 0.3) is 0 Å². The van der Waals surface area contributed by atoms with Crippen molar-refractivity contribution >= 4 is 32.3 Å². The smallest absolute Gasteiger partial charge is 0.164 e. The molecule has 196 valence electrons. The molecule has 0 radical (unpaired) electrons. The highest BCUT2D eigenvalue weighted by atomic mass is 15.0. The van der Waals surface area contributed by atoms with Crippen molar-refractivity contribution in [1.29, 1.82) is 0 Å². The Hall–Kier alpha value is -5.67. The van der Waals surface area contributed by atoms with Crippen molar-refractivity contribution in [3.05, 3.63) is 152 Å². The molecule has 0 amide bonds. The predicted octanol–water partition coefficient (Wildman–Crippen LogP) is 10.00. The van der Waals surface area contributed by atoms with Crippen LogP contribution in [0.25, 0.3) is 77.6 Å². The van der Waals surface area contributed by atoms with Crippen LogP contribution in [0.5, 0.6) is 0 Å². The van der Waals surface area contributed by atoms with Crippen LogP contribution in [-0.4, -0.2) is 15.0 Å². The standard InChI is InChI=1S/C39H25N3/c1-2-12-28(13-3-1)37-40-38(35-18-8-15-27-11-6-7-17-33(27)35)42-39(41-37)36-19-9-16-32-25-31(22-23-34(32)36)30-21-20-26-10-4-5-14-29(26)24-30/h1-25H. The average molecular weight is 536 g/mol. The minimum Gasteiger partial charge on any atom is -0.208 e. The number of fused-ring (bicyclic) bond motifs is 3. The summed E-state index contributed by atoms with van der Waals surface area (Å²) >= 11 is 0. The summed E-state index contributed by atoms with van der Waals surface area (Å²) in [6, 6.07) is 52.9. The van der Waals surface area contributed by atoms with Gasteiger partial charge in [-0.15, -0.1) is 0 Å². The first-order valence-electron chi connectivity index (χ1n) is 14.1. The van der Waals surface area contributed by atoms with E-state index in [1.165, 1.54) is 21.9 Å². The van der Waals surface area contributed by atoms with Crippen molar-refractivity contribution in [2.75, 3.05) is 0 Å². The Morgan fingerprint density at radius 3 is 1.57 bits per heavy atom. The fourth-order valence-corrected chi connectivity index (χ4v) is 5.78.